The highest BCUT2D eigenvalue weighted by Crippen LogP contribution is 2.54. The van der Waals surface area contributed by atoms with Gasteiger partial charge in [0.15, 0.2) is 5.52 Å². The van der Waals surface area contributed by atoms with E-state index in [-0.39, 0.29) is 11.3 Å². The number of benzene rings is 2. The van der Waals surface area contributed by atoms with Crippen LogP contribution >= 0.6 is 23.9 Å². The third-order valence-electron chi connectivity index (χ3n) is 4.93. The fraction of sp³-hybridized carbons (Fsp3) is 0.238. The maximum Gasteiger partial charge on any atom is 0.180 e. The summed E-state index contributed by atoms with van der Waals surface area (Å²) in [6, 6.07) is 16.4. The number of hydrogen-bond donors (Lipinski definition) is 0. The highest BCUT2D eigenvalue weighted by atomic mass is 79.9. The van der Waals surface area contributed by atoms with Crippen molar-refractivity contribution in [2.24, 2.45) is 0 Å². The Kier molecular flexibility index (Phi) is 4.77. The third kappa shape index (κ3) is 3.28. The van der Waals surface area contributed by atoms with E-state index >= 15 is 0 Å². The van der Waals surface area contributed by atoms with Crippen LogP contribution in [0.4, 0.5) is 4.39 Å². The maximum atomic E-state index is 13.3. The van der Waals surface area contributed by atoms with E-state index in [2.05, 4.69) is 28.1 Å². The van der Waals surface area contributed by atoms with E-state index in [0.717, 1.165) is 27.8 Å². The Hall–Kier alpha value is -1.84. The Bertz CT molecular complexity index is 999. The normalized spacial score (nSPS) is 18.4. The van der Waals surface area contributed by atoms with Gasteiger partial charge in [-0.05, 0) is 67.5 Å². The van der Waals surface area contributed by atoms with Gasteiger partial charge in [0.25, 0.3) is 0 Å². The second-order valence-corrected chi connectivity index (χ2v) is 10.1. The van der Waals surface area contributed by atoms with Crippen LogP contribution in [-0.2, 0) is 22.7 Å². The predicted octanol–water partition coefficient (Wildman–Crippen LogP) is 5.91. The topological polar surface area (TPSA) is 34.9 Å². The van der Waals surface area contributed by atoms with Crippen LogP contribution < -0.4 is 0 Å². The Morgan fingerprint density at radius 3 is 2.48 bits per heavy atom. The summed E-state index contributed by atoms with van der Waals surface area (Å²) in [5.74, 6) is 0.633. The first-order chi connectivity index (χ1) is 12.9. The van der Waals surface area contributed by atoms with Crippen LogP contribution in [0.2, 0.25) is 0 Å². The van der Waals surface area contributed by atoms with Crippen molar-refractivity contribution in [2.45, 2.75) is 31.7 Å². The molecule has 0 amide bonds. The minimum atomic E-state index is -0.860. The summed E-state index contributed by atoms with van der Waals surface area (Å²) < 4.78 is 16.1. The molecule has 1 atom stereocenters. The molecule has 4 rings (SSSR count). The first kappa shape index (κ1) is 18.5. The summed E-state index contributed by atoms with van der Waals surface area (Å²) in [4.78, 5) is 18.1. The van der Waals surface area contributed by atoms with Gasteiger partial charge in [-0.25, -0.2) is 9.37 Å². The molecule has 1 aromatic heterocycles. The summed E-state index contributed by atoms with van der Waals surface area (Å²) >= 11 is 3.64. The van der Waals surface area contributed by atoms with Gasteiger partial charge < -0.3 is 4.57 Å². The molecule has 0 bridgehead atoms. The predicted molar refractivity (Wildman–Crippen MR) is 110 cm³/mol. The molecule has 6 heteroatoms. The van der Waals surface area contributed by atoms with Gasteiger partial charge in [-0.1, -0.05) is 30.3 Å². The molecule has 1 aliphatic heterocycles. The molecule has 27 heavy (non-hydrogen) atoms. The fourth-order valence-electron chi connectivity index (χ4n) is 3.57. The van der Waals surface area contributed by atoms with Crippen LogP contribution in [0.3, 0.4) is 0 Å². The SMILES string of the molecule is CC1(C)C(=O)P(Cc2ccccc2)Cc2nc(-c3ccc(F)cc3)c(Br)n21. The molecule has 1 aliphatic rings. The van der Waals surface area contributed by atoms with Crippen LogP contribution in [-0.4, -0.2) is 15.1 Å². The number of fused-ring (bicyclic) bond motifs is 1. The van der Waals surface area contributed by atoms with Crippen LogP contribution in [0.1, 0.15) is 25.2 Å². The molecule has 3 nitrogen and oxygen atoms in total. The quantitative estimate of drug-likeness (QED) is 0.470. The summed E-state index contributed by atoms with van der Waals surface area (Å²) in [5.41, 5.74) is 2.38. The van der Waals surface area contributed by atoms with Crippen LogP contribution in [0.15, 0.2) is 59.2 Å². The molecular weight excluding hydrogens is 426 g/mol. The number of carbonyl (C=O) groups excluding carboxylic acids is 1. The molecule has 1 unspecified atom stereocenters. The molecule has 0 aliphatic carbocycles. The molecule has 2 heterocycles. The molecule has 0 spiro atoms. The van der Waals surface area contributed by atoms with Crippen LogP contribution in [0, 0.1) is 5.82 Å². The van der Waals surface area contributed by atoms with Crippen molar-refractivity contribution in [1.82, 2.24) is 9.55 Å². The highest BCUT2D eigenvalue weighted by molar-refractivity contribution is 9.10. The zero-order chi connectivity index (χ0) is 19.2. The summed E-state index contributed by atoms with van der Waals surface area (Å²) in [6.45, 7) is 3.92. The van der Waals surface area contributed by atoms with Gasteiger partial charge in [0, 0.05) is 17.9 Å². The number of hydrogen-bond acceptors (Lipinski definition) is 2. The average Bonchev–Trinajstić information content (AvgIpc) is 2.98. The number of aromatic nitrogens is 2. The molecule has 3 aromatic rings. The lowest BCUT2D eigenvalue weighted by Crippen LogP contribution is -2.40. The fourth-order valence-corrected chi connectivity index (χ4v) is 7.01. The monoisotopic (exact) mass is 444 g/mol. The lowest BCUT2D eigenvalue weighted by molar-refractivity contribution is -0.118. The molecule has 0 radical (unpaired) electrons. The van der Waals surface area contributed by atoms with Crippen molar-refractivity contribution in [3.05, 3.63) is 76.4 Å². The van der Waals surface area contributed by atoms with E-state index in [1.165, 1.54) is 17.7 Å². The standard InChI is InChI=1S/C21H19BrFN2OP/c1-21(2)20(26)27(12-14-6-4-3-5-7-14)13-17-24-18(19(22)25(17)21)15-8-10-16(23)11-9-15/h3-11H,12-13H2,1-2H3. The number of imidazole rings is 1. The van der Waals surface area contributed by atoms with Crippen molar-refractivity contribution in [3.8, 4) is 11.3 Å². The second kappa shape index (κ2) is 6.96. The minimum Gasteiger partial charge on any atom is -0.309 e. The maximum absolute atomic E-state index is 13.3. The van der Waals surface area contributed by atoms with Gasteiger partial charge in [0.1, 0.15) is 27.5 Å². The summed E-state index contributed by atoms with van der Waals surface area (Å²) in [6.07, 6.45) is 1.43. The molecule has 0 fully saturated rings. The van der Waals surface area contributed by atoms with Crippen molar-refractivity contribution in [1.29, 1.82) is 0 Å². The zero-order valence-corrected chi connectivity index (χ0v) is 17.6. The lowest BCUT2D eigenvalue weighted by atomic mass is 10.1. The smallest absolute Gasteiger partial charge is 0.180 e. The molecule has 0 saturated heterocycles. The summed E-state index contributed by atoms with van der Waals surface area (Å²) in [5, 5.41) is 0. The van der Waals surface area contributed by atoms with Gasteiger partial charge in [-0.3, -0.25) is 4.79 Å². The highest BCUT2D eigenvalue weighted by Gasteiger charge is 2.43. The molecule has 0 N–H and O–H groups in total. The lowest BCUT2D eigenvalue weighted by Gasteiger charge is -2.36. The number of carbonyl (C=O) groups is 1. The molecule has 2 aromatic carbocycles. The molecule has 138 valence electrons. The Morgan fingerprint density at radius 1 is 1.15 bits per heavy atom. The summed E-state index contributed by atoms with van der Waals surface area (Å²) in [7, 11) is -0.860. The number of halogens is 2. The van der Waals surface area contributed by atoms with Crippen LogP contribution in [0.5, 0.6) is 0 Å². The minimum absolute atomic E-state index is 0.276. The van der Waals surface area contributed by atoms with Gasteiger partial charge in [0.2, 0.25) is 0 Å². The Balaban J connectivity index is 1.75. The van der Waals surface area contributed by atoms with Crippen molar-refractivity contribution in [3.63, 3.8) is 0 Å². The number of rotatable bonds is 3. The molecule has 0 saturated carbocycles. The average molecular weight is 445 g/mol. The van der Waals surface area contributed by atoms with E-state index in [1.54, 1.807) is 12.1 Å². The van der Waals surface area contributed by atoms with Crippen LogP contribution in [0.25, 0.3) is 11.3 Å². The van der Waals surface area contributed by atoms with E-state index in [4.69, 9.17) is 4.98 Å². The Labute approximate surface area is 167 Å². The van der Waals surface area contributed by atoms with Gasteiger partial charge >= 0.3 is 0 Å². The second-order valence-electron chi connectivity index (χ2n) is 7.22. The third-order valence-corrected chi connectivity index (χ3v) is 8.19. The van der Waals surface area contributed by atoms with Gasteiger partial charge in [-0.2, -0.15) is 0 Å². The van der Waals surface area contributed by atoms with E-state index in [0.29, 0.717) is 6.16 Å². The van der Waals surface area contributed by atoms with Crippen molar-refractivity contribution < 1.29 is 9.18 Å². The Morgan fingerprint density at radius 2 is 1.81 bits per heavy atom. The van der Waals surface area contributed by atoms with Gasteiger partial charge in [-0.15, -0.1) is 0 Å². The van der Waals surface area contributed by atoms with E-state index < -0.39 is 13.5 Å². The first-order valence-corrected chi connectivity index (χ1v) is 11.3. The van der Waals surface area contributed by atoms with E-state index in [1.807, 2.05) is 36.6 Å². The zero-order valence-electron chi connectivity index (χ0n) is 15.1. The molecular formula is C21H19BrFN2OP. The number of nitrogens with zero attached hydrogens (tertiary/aromatic N) is 2. The first-order valence-electron chi connectivity index (χ1n) is 8.75. The largest absolute Gasteiger partial charge is 0.309 e. The van der Waals surface area contributed by atoms with Crippen molar-refractivity contribution in [2.75, 3.05) is 0 Å². The van der Waals surface area contributed by atoms with Gasteiger partial charge in [0.05, 0.1) is 0 Å². The van der Waals surface area contributed by atoms with Crippen molar-refractivity contribution >= 4 is 29.4 Å². The van der Waals surface area contributed by atoms with E-state index in [9.17, 15) is 9.18 Å².